The van der Waals surface area contributed by atoms with Crippen molar-refractivity contribution >= 4 is 5.91 Å². The molecule has 1 atom stereocenters. The third-order valence-corrected chi connectivity index (χ3v) is 2.83. The first-order valence-corrected chi connectivity index (χ1v) is 5.46. The van der Waals surface area contributed by atoms with Crippen LogP contribution in [0.15, 0.2) is 0 Å². The zero-order valence-electron chi connectivity index (χ0n) is 8.42. The maximum Gasteiger partial charge on any atom is 0.222 e. The molecular formula is C10H18N2O2. The smallest absolute Gasteiger partial charge is 0.222 e. The molecule has 2 N–H and O–H groups in total. The lowest BCUT2D eigenvalue weighted by Crippen LogP contribution is -2.57. The van der Waals surface area contributed by atoms with Crippen LogP contribution in [0.5, 0.6) is 0 Å². The van der Waals surface area contributed by atoms with Crippen LogP contribution in [0.1, 0.15) is 25.7 Å². The van der Waals surface area contributed by atoms with Gasteiger partial charge in [-0.1, -0.05) is 0 Å². The van der Waals surface area contributed by atoms with Crippen molar-refractivity contribution in [2.75, 3.05) is 19.7 Å². The Hall–Kier alpha value is -0.610. The zero-order chi connectivity index (χ0) is 9.80. The van der Waals surface area contributed by atoms with E-state index in [4.69, 9.17) is 4.74 Å². The summed E-state index contributed by atoms with van der Waals surface area (Å²) in [5.41, 5.74) is 0. The van der Waals surface area contributed by atoms with Crippen molar-refractivity contribution in [3.8, 4) is 0 Å². The van der Waals surface area contributed by atoms with Gasteiger partial charge in [-0.25, -0.2) is 0 Å². The molecule has 0 aliphatic carbocycles. The Morgan fingerprint density at radius 2 is 2.29 bits per heavy atom. The number of amides is 1. The summed E-state index contributed by atoms with van der Waals surface area (Å²) in [7, 11) is 0. The van der Waals surface area contributed by atoms with E-state index in [0.29, 0.717) is 12.5 Å². The first kappa shape index (κ1) is 9.93. The van der Waals surface area contributed by atoms with Crippen molar-refractivity contribution in [1.82, 2.24) is 10.6 Å². The minimum absolute atomic E-state index is 0.142. The Kier molecular flexibility index (Phi) is 3.37. The van der Waals surface area contributed by atoms with Crippen LogP contribution in [0.3, 0.4) is 0 Å². The fourth-order valence-corrected chi connectivity index (χ4v) is 1.85. The average Bonchev–Trinajstić information content (AvgIpc) is 2.13. The molecule has 4 heteroatoms. The summed E-state index contributed by atoms with van der Waals surface area (Å²) in [4.78, 5) is 11.5. The molecule has 0 aromatic rings. The summed E-state index contributed by atoms with van der Waals surface area (Å²) >= 11 is 0. The topological polar surface area (TPSA) is 50.4 Å². The Morgan fingerprint density at radius 1 is 1.43 bits per heavy atom. The number of rotatable bonds is 3. The monoisotopic (exact) mass is 198 g/mol. The predicted molar refractivity (Wildman–Crippen MR) is 53.0 cm³/mol. The number of carbonyl (C=O) groups excluding carboxylic acids is 1. The van der Waals surface area contributed by atoms with Crippen LogP contribution in [-0.2, 0) is 9.53 Å². The molecule has 1 amide bonds. The molecule has 2 aliphatic rings. The molecule has 0 aromatic carbocycles. The summed E-state index contributed by atoms with van der Waals surface area (Å²) in [5, 5.41) is 6.11. The highest BCUT2D eigenvalue weighted by molar-refractivity contribution is 5.76. The van der Waals surface area contributed by atoms with Crippen molar-refractivity contribution in [3.05, 3.63) is 0 Å². The standard InChI is InChI=1S/C10H18N2O2/c13-10(12-8-6-11-7-8)5-9-3-1-2-4-14-9/h8-9,11H,1-7H2,(H,12,13). The Bertz CT molecular complexity index is 198. The predicted octanol–water partition coefficient (Wildman–Crippen LogP) is 0.0336. The molecule has 0 bridgehead atoms. The van der Waals surface area contributed by atoms with E-state index in [-0.39, 0.29) is 12.0 Å². The largest absolute Gasteiger partial charge is 0.378 e. The number of hydrogen-bond donors (Lipinski definition) is 2. The zero-order valence-corrected chi connectivity index (χ0v) is 8.42. The average molecular weight is 198 g/mol. The van der Waals surface area contributed by atoms with Crippen LogP contribution >= 0.6 is 0 Å². The fourth-order valence-electron chi connectivity index (χ4n) is 1.85. The summed E-state index contributed by atoms with van der Waals surface area (Å²) < 4.78 is 5.51. The highest BCUT2D eigenvalue weighted by atomic mass is 16.5. The van der Waals surface area contributed by atoms with Gasteiger partial charge in [0.1, 0.15) is 0 Å². The van der Waals surface area contributed by atoms with Gasteiger partial charge in [0.05, 0.1) is 18.6 Å². The van der Waals surface area contributed by atoms with E-state index < -0.39 is 0 Å². The molecule has 2 heterocycles. The fraction of sp³-hybridized carbons (Fsp3) is 0.900. The SMILES string of the molecule is O=C(CC1CCCCO1)NC1CNC1. The van der Waals surface area contributed by atoms with Crippen molar-refractivity contribution in [2.45, 2.75) is 37.8 Å². The number of carbonyl (C=O) groups is 1. The lowest BCUT2D eigenvalue weighted by molar-refractivity contribution is -0.125. The molecule has 0 spiro atoms. The molecule has 0 radical (unpaired) electrons. The molecule has 0 aromatic heterocycles. The third kappa shape index (κ3) is 2.69. The highest BCUT2D eigenvalue weighted by Crippen LogP contribution is 2.15. The minimum atomic E-state index is 0.142. The second-order valence-electron chi connectivity index (χ2n) is 4.12. The van der Waals surface area contributed by atoms with E-state index in [0.717, 1.165) is 32.5 Å². The molecule has 2 rings (SSSR count). The maximum atomic E-state index is 11.5. The Labute approximate surface area is 84.4 Å². The molecule has 14 heavy (non-hydrogen) atoms. The van der Waals surface area contributed by atoms with Gasteiger partial charge in [0.25, 0.3) is 0 Å². The third-order valence-electron chi connectivity index (χ3n) is 2.83. The Balaban J connectivity index is 1.64. The lowest BCUT2D eigenvalue weighted by atomic mass is 10.1. The highest BCUT2D eigenvalue weighted by Gasteiger charge is 2.22. The molecule has 4 nitrogen and oxygen atoms in total. The number of ether oxygens (including phenoxy) is 1. The first-order chi connectivity index (χ1) is 6.84. The van der Waals surface area contributed by atoms with Crippen molar-refractivity contribution < 1.29 is 9.53 Å². The normalized spacial score (nSPS) is 28.1. The quantitative estimate of drug-likeness (QED) is 0.673. The van der Waals surface area contributed by atoms with Gasteiger partial charge < -0.3 is 15.4 Å². The van der Waals surface area contributed by atoms with Crippen LogP contribution in [0.25, 0.3) is 0 Å². The second-order valence-corrected chi connectivity index (χ2v) is 4.12. The van der Waals surface area contributed by atoms with Crippen LogP contribution < -0.4 is 10.6 Å². The number of hydrogen-bond acceptors (Lipinski definition) is 3. The van der Waals surface area contributed by atoms with Gasteiger partial charge in [-0.2, -0.15) is 0 Å². The van der Waals surface area contributed by atoms with Crippen LogP contribution in [0.4, 0.5) is 0 Å². The molecule has 2 aliphatic heterocycles. The van der Waals surface area contributed by atoms with Crippen LogP contribution in [-0.4, -0.2) is 37.7 Å². The van der Waals surface area contributed by atoms with E-state index in [1.807, 2.05) is 0 Å². The summed E-state index contributed by atoms with van der Waals surface area (Å²) in [5.74, 6) is 0.142. The molecule has 2 fully saturated rings. The first-order valence-electron chi connectivity index (χ1n) is 5.46. The van der Waals surface area contributed by atoms with Gasteiger partial charge in [0.2, 0.25) is 5.91 Å². The molecule has 1 unspecified atom stereocenters. The number of nitrogens with one attached hydrogen (secondary N) is 2. The molecule has 80 valence electrons. The molecular weight excluding hydrogens is 180 g/mol. The van der Waals surface area contributed by atoms with E-state index in [1.54, 1.807) is 0 Å². The summed E-state index contributed by atoms with van der Waals surface area (Å²) in [6.45, 7) is 2.65. The van der Waals surface area contributed by atoms with Crippen LogP contribution in [0.2, 0.25) is 0 Å². The van der Waals surface area contributed by atoms with Gasteiger partial charge >= 0.3 is 0 Å². The van der Waals surface area contributed by atoms with Crippen molar-refractivity contribution in [2.24, 2.45) is 0 Å². The van der Waals surface area contributed by atoms with E-state index in [1.165, 1.54) is 6.42 Å². The van der Waals surface area contributed by atoms with Gasteiger partial charge in [-0.15, -0.1) is 0 Å². The van der Waals surface area contributed by atoms with Crippen molar-refractivity contribution in [1.29, 1.82) is 0 Å². The summed E-state index contributed by atoms with van der Waals surface area (Å²) in [6, 6.07) is 0.353. The van der Waals surface area contributed by atoms with E-state index in [2.05, 4.69) is 10.6 Å². The van der Waals surface area contributed by atoms with Gasteiger partial charge in [0, 0.05) is 19.7 Å². The summed E-state index contributed by atoms with van der Waals surface area (Å²) in [6.07, 6.45) is 4.08. The van der Waals surface area contributed by atoms with Crippen LogP contribution in [0, 0.1) is 0 Å². The molecule has 2 saturated heterocycles. The maximum absolute atomic E-state index is 11.5. The second kappa shape index (κ2) is 4.75. The van der Waals surface area contributed by atoms with Gasteiger partial charge in [0.15, 0.2) is 0 Å². The molecule has 0 saturated carbocycles. The van der Waals surface area contributed by atoms with Gasteiger partial charge in [-0.3, -0.25) is 4.79 Å². The lowest BCUT2D eigenvalue weighted by Gasteiger charge is -2.29. The van der Waals surface area contributed by atoms with E-state index >= 15 is 0 Å². The van der Waals surface area contributed by atoms with Crippen molar-refractivity contribution in [3.63, 3.8) is 0 Å². The minimum Gasteiger partial charge on any atom is -0.378 e. The van der Waals surface area contributed by atoms with E-state index in [9.17, 15) is 4.79 Å². The Morgan fingerprint density at radius 3 is 2.86 bits per heavy atom. The van der Waals surface area contributed by atoms with Gasteiger partial charge in [-0.05, 0) is 19.3 Å².